The van der Waals surface area contributed by atoms with Crippen LogP contribution in [-0.2, 0) is 13.0 Å². The van der Waals surface area contributed by atoms with E-state index in [0.29, 0.717) is 12.1 Å². The number of para-hydroxylation sites is 2. The normalized spacial score (nSPS) is 11.0. The Hall–Kier alpha value is -2.14. The number of aryl methyl sites for hydroxylation is 1. The average molecular weight is 428 g/mol. The van der Waals surface area contributed by atoms with Crippen molar-refractivity contribution in [2.75, 3.05) is 6.54 Å². The van der Waals surface area contributed by atoms with Crippen molar-refractivity contribution in [1.29, 1.82) is 0 Å². The molecule has 1 heterocycles. The summed E-state index contributed by atoms with van der Waals surface area (Å²) in [6, 6.07) is 15.7. The van der Waals surface area contributed by atoms with Gasteiger partial charge in [-0.15, -0.1) is 0 Å². The molecule has 5 heteroatoms. The van der Waals surface area contributed by atoms with Crippen molar-refractivity contribution in [3.8, 4) is 0 Å². The van der Waals surface area contributed by atoms with Gasteiger partial charge in [-0.25, -0.2) is 4.98 Å². The number of rotatable bonds is 9. The quantitative estimate of drug-likeness (QED) is 0.467. The highest BCUT2D eigenvalue weighted by atomic mass is 79.9. The number of hydrogen-bond donors (Lipinski definition) is 1. The summed E-state index contributed by atoms with van der Waals surface area (Å²) in [6.45, 7) is 3.78. The first-order valence-corrected chi connectivity index (χ1v) is 10.5. The third-order valence-electron chi connectivity index (χ3n) is 4.69. The summed E-state index contributed by atoms with van der Waals surface area (Å²) in [7, 11) is 0. The molecule has 0 spiro atoms. The van der Waals surface area contributed by atoms with E-state index in [1.54, 1.807) is 0 Å². The highest BCUT2D eigenvalue weighted by Crippen LogP contribution is 2.18. The summed E-state index contributed by atoms with van der Waals surface area (Å²) in [6.07, 6.45) is 5.62. The van der Waals surface area contributed by atoms with Crippen LogP contribution in [0.15, 0.2) is 53.0 Å². The molecule has 142 valence electrons. The summed E-state index contributed by atoms with van der Waals surface area (Å²) >= 11 is 3.41. The molecule has 3 rings (SSSR count). The summed E-state index contributed by atoms with van der Waals surface area (Å²) in [5.41, 5.74) is 2.88. The van der Waals surface area contributed by atoms with Crippen LogP contribution in [0.2, 0.25) is 0 Å². The lowest BCUT2D eigenvalue weighted by Gasteiger charge is -2.10. The topological polar surface area (TPSA) is 46.9 Å². The molecule has 0 unspecified atom stereocenters. The van der Waals surface area contributed by atoms with Crippen molar-refractivity contribution in [3.63, 3.8) is 0 Å². The number of carbonyl (C=O) groups is 1. The van der Waals surface area contributed by atoms with Gasteiger partial charge < -0.3 is 9.88 Å². The van der Waals surface area contributed by atoms with Crippen LogP contribution in [0.5, 0.6) is 0 Å². The fourth-order valence-electron chi connectivity index (χ4n) is 3.28. The van der Waals surface area contributed by atoms with Gasteiger partial charge >= 0.3 is 0 Å². The molecule has 4 nitrogen and oxygen atoms in total. The van der Waals surface area contributed by atoms with Gasteiger partial charge in [-0.3, -0.25) is 4.79 Å². The molecule has 0 aliphatic heterocycles. The molecule has 1 aromatic heterocycles. The minimum absolute atomic E-state index is 0.0538. The maximum atomic E-state index is 12.3. The maximum Gasteiger partial charge on any atom is 0.251 e. The molecular formula is C22H26BrN3O. The van der Waals surface area contributed by atoms with Crippen LogP contribution in [0.4, 0.5) is 0 Å². The molecule has 0 aliphatic rings. The first-order valence-electron chi connectivity index (χ1n) is 9.67. The third-order valence-corrected chi connectivity index (χ3v) is 5.18. The standard InChI is InChI=1S/C22H26BrN3O/c1-2-3-4-7-15-26-20-12-6-5-11-19(20)25-21(26)13-14-24-22(27)17-9-8-10-18(23)16-17/h5-6,8-12,16H,2-4,7,13-15H2,1H3,(H,24,27). The van der Waals surface area contributed by atoms with Crippen molar-refractivity contribution in [3.05, 3.63) is 64.4 Å². The van der Waals surface area contributed by atoms with E-state index in [1.807, 2.05) is 30.3 Å². The SMILES string of the molecule is CCCCCCn1c(CCNC(=O)c2cccc(Br)c2)nc2ccccc21. The number of halogens is 1. The predicted octanol–water partition coefficient (Wildman–Crippen LogP) is 5.35. The Morgan fingerprint density at radius 3 is 2.78 bits per heavy atom. The van der Waals surface area contributed by atoms with Gasteiger partial charge in [0.05, 0.1) is 11.0 Å². The molecule has 3 aromatic rings. The molecule has 0 radical (unpaired) electrons. The van der Waals surface area contributed by atoms with Gasteiger partial charge in [0.2, 0.25) is 0 Å². The monoisotopic (exact) mass is 427 g/mol. The van der Waals surface area contributed by atoms with E-state index in [4.69, 9.17) is 4.98 Å². The van der Waals surface area contributed by atoms with E-state index in [0.717, 1.165) is 35.2 Å². The minimum Gasteiger partial charge on any atom is -0.352 e. The predicted molar refractivity (Wildman–Crippen MR) is 114 cm³/mol. The fraction of sp³-hybridized carbons (Fsp3) is 0.364. The Bertz CT molecular complexity index is 903. The number of benzene rings is 2. The summed E-state index contributed by atoms with van der Waals surface area (Å²) in [4.78, 5) is 17.1. The van der Waals surface area contributed by atoms with Crippen molar-refractivity contribution in [1.82, 2.24) is 14.9 Å². The van der Waals surface area contributed by atoms with Gasteiger partial charge in [0.15, 0.2) is 0 Å². The second-order valence-corrected chi connectivity index (χ2v) is 7.66. The van der Waals surface area contributed by atoms with Crippen LogP contribution < -0.4 is 5.32 Å². The molecule has 0 bridgehead atoms. The van der Waals surface area contributed by atoms with Gasteiger partial charge in [-0.2, -0.15) is 0 Å². The molecule has 0 saturated carbocycles. The lowest BCUT2D eigenvalue weighted by atomic mass is 10.2. The number of nitrogens with zero attached hydrogens (tertiary/aromatic N) is 2. The lowest BCUT2D eigenvalue weighted by molar-refractivity contribution is 0.0954. The van der Waals surface area contributed by atoms with E-state index < -0.39 is 0 Å². The molecule has 27 heavy (non-hydrogen) atoms. The largest absolute Gasteiger partial charge is 0.352 e. The van der Waals surface area contributed by atoms with Crippen LogP contribution in [0.3, 0.4) is 0 Å². The summed E-state index contributed by atoms with van der Waals surface area (Å²) in [5.74, 6) is 0.990. The Morgan fingerprint density at radius 2 is 1.96 bits per heavy atom. The number of nitrogens with one attached hydrogen (secondary N) is 1. The van der Waals surface area contributed by atoms with Gasteiger partial charge in [-0.1, -0.05) is 60.3 Å². The molecule has 2 aromatic carbocycles. The highest BCUT2D eigenvalue weighted by Gasteiger charge is 2.11. The minimum atomic E-state index is -0.0538. The van der Waals surface area contributed by atoms with E-state index in [1.165, 1.54) is 24.8 Å². The van der Waals surface area contributed by atoms with Crippen molar-refractivity contribution < 1.29 is 4.79 Å². The Kier molecular flexibility index (Phi) is 7.04. The zero-order valence-electron chi connectivity index (χ0n) is 15.7. The Morgan fingerprint density at radius 1 is 1.11 bits per heavy atom. The lowest BCUT2D eigenvalue weighted by Crippen LogP contribution is -2.26. The molecule has 0 saturated heterocycles. The second kappa shape index (κ2) is 9.70. The van der Waals surface area contributed by atoms with Crippen molar-refractivity contribution >= 4 is 32.9 Å². The fourth-order valence-corrected chi connectivity index (χ4v) is 3.68. The van der Waals surface area contributed by atoms with Crippen LogP contribution in [0.1, 0.15) is 48.8 Å². The average Bonchev–Trinajstić information content (AvgIpc) is 3.02. The van der Waals surface area contributed by atoms with Gasteiger partial charge in [0.1, 0.15) is 5.82 Å². The van der Waals surface area contributed by atoms with Gasteiger partial charge in [-0.05, 0) is 36.8 Å². The maximum absolute atomic E-state index is 12.3. The van der Waals surface area contributed by atoms with Gasteiger partial charge in [0, 0.05) is 29.5 Å². The first-order chi connectivity index (χ1) is 13.2. The molecule has 1 amide bonds. The zero-order chi connectivity index (χ0) is 19.1. The van der Waals surface area contributed by atoms with E-state index >= 15 is 0 Å². The molecule has 0 aliphatic carbocycles. The van der Waals surface area contributed by atoms with E-state index in [2.05, 4.69) is 50.9 Å². The zero-order valence-corrected chi connectivity index (χ0v) is 17.3. The third kappa shape index (κ3) is 5.19. The number of amides is 1. The van der Waals surface area contributed by atoms with Crippen LogP contribution in [0, 0.1) is 0 Å². The van der Waals surface area contributed by atoms with Crippen molar-refractivity contribution in [2.45, 2.75) is 45.6 Å². The van der Waals surface area contributed by atoms with Crippen molar-refractivity contribution in [2.24, 2.45) is 0 Å². The van der Waals surface area contributed by atoms with E-state index in [-0.39, 0.29) is 5.91 Å². The van der Waals surface area contributed by atoms with Crippen LogP contribution in [0.25, 0.3) is 11.0 Å². The number of unbranched alkanes of at least 4 members (excludes halogenated alkanes) is 3. The molecule has 0 fully saturated rings. The van der Waals surface area contributed by atoms with E-state index in [9.17, 15) is 4.79 Å². The Labute approximate surface area is 169 Å². The second-order valence-electron chi connectivity index (χ2n) is 6.75. The van der Waals surface area contributed by atoms with Gasteiger partial charge in [0.25, 0.3) is 5.91 Å². The smallest absolute Gasteiger partial charge is 0.251 e. The molecule has 0 atom stereocenters. The number of carbonyl (C=O) groups excluding carboxylic acids is 1. The Balaban J connectivity index is 1.65. The molecular weight excluding hydrogens is 402 g/mol. The molecule has 1 N–H and O–H groups in total. The highest BCUT2D eigenvalue weighted by molar-refractivity contribution is 9.10. The van der Waals surface area contributed by atoms with Crippen LogP contribution >= 0.6 is 15.9 Å². The number of aromatic nitrogens is 2. The number of hydrogen-bond acceptors (Lipinski definition) is 2. The summed E-state index contributed by atoms with van der Waals surface area (Å²) in [5, 5.41) is 3.01. The summed E-state index contributed by atoms with van der Waals surface area (Å²) < 4.78 is 3.22. The number of fused-ring (bicyclic) bond motifs is 1. The first kappa shape index (κ1) is 19.6. The van der Waals surface area contributed by atoms with Crippen LogP contribution in [-0.4, -0.2) is 22.0 Å². The number of imidazole rings is 1.